The van der Waals surface area contributed by atoms with E-state index < -0.39 is 6.10 Å². The lowest BCUT2D eigenvalue weighted by Gasteiger charge is -2.18. The van der Waals surface area contributed by atoms with Gasteiger partial charge < -0.3 is 14.2 Å². The van der Waals surface area contributed by atoms with Gasteiger partial charge in [0.1, 0.15) is 13.2 Å². The van der Waals surface area contributed by atoms with Gasteiger partial charge in [0.25, 0.3) is 0 Å². The quantitative estimate of drug-likeness (QED) is 0.0261. The number of carbonyl (C=O) groups is 3. The van der Waals surface area contributed by atoms with Crippen LogP contribution < -0.4 is 0 Å². The molecule has 0 aliphatic carbocycles. The van der Waals surface area contributed by atoms with Gasteiger partial charge in [0.15, 0.2) is 6.10 Å². The molecule has 0 aliphatic heterocycles. The van der Waals surface area contributed by atoms with E-state index in [0.29, 0.717) is 19.3 Å². The Kier molecular flexibility index (Phi) is 57.2. The van der Waals surface area contributed by atoms with Crippen LogP contribution in [0.3, 0.4) is 0 Å². The Bertz CT molecular complexity index is 1280. The predicted molar refractivity (Wildman–Crippen MR) is 307 cm³/mol. The monoisotopic (exact) mass is 993 g/mol. The first-order valence-corrected chi connectivity index (χ1v) is 30.8. The summed E-state index contributed by atoms with van der Waals surface area (Å²) in [4.78, 5) is 38.3. The molecule has 0 aromatic carbocycles. The van der Waals surface area contributed by atoms with Gasteiger partial charge in [-0.3, -0.25) is 14.4 Å². The first-order valence-electron chi connectivity index (χ1n) is 30.8. The molecule has 0 heterocycles. The van der Waals surface area contributed by atoms with E-state index in [0.717, 1.165) is 83.5 Å². The summed E-state index contributed by atoms with van der Waals surface area (Å²) in [7, 11) is 0. The first-order chi connectivity index (χ1) is 35.0. The maximum absolute atomic E-state index is 12.9. The van der Waals surface area contributed by atoms with Crippen LogP contribution in [0.2, 0.25) is 0 Å². The van der Waals surface area contributed by atoms with Gasteiger partial charge in [0.2, 0.25) is 0 Å². The maximum Gasteiger partial charge on any atom is 0.306 e. The van der Waals surface area contributed by atoms with Crippen molar-refractivity contribution < 1.29 is 28.6 Å². The zero-order chi connectivity index (χ0) is 51.4. The number of unbranched alkanes of at least 4 members (excludes halogenated alkanes) is 35. The van der Waals surface area contributed by atoms with Crippen LogP contribution in [0.5, 0.6) is 0 Å². The topological polar surface area (TPSA) is 78.9 Å². The van der Waals surface area contributed by atoms with Crippen molar-refractivity contribution in [3.63, 3.8) is 0 Å². The van der Waals surface area contributed by atoms with Crippen molar-refractivity contribution in [1.29, 1.82) is 0 Å². The zero-order valence-corrected chi connectivity index (χ0v) is 47.2. The molecular weight excluding hydrogens is 877 g/mol. The summed E-state index contributed by atoms with van der Waals surface area (Å²) in [5.74, 6) is -0.897. The molecule has 0 aromatic heterocycles. The van der Waals surface area contributed by atoms with E-state index in [-0.39, 0.29) is 31.1 Å². The first kappa shape index (κ1) is 68.1. The summed E-state index contributed by atoms with van der Waals surface area (Å²) < 4.78 is 16.9. The van der Waals surface area contributed by atoms with Crippen LogP contribution >= 0.6 is 0 Å². The van der Waals surface area contributed by atoms with Gasteiger partial charge in [-0.1, -0.05) is 248 Å². The number of esters is 3. The molecule has 0 radical (unpaired) electrons. The molecule has 412 valence electrons. The highest BCUT2D eigenvalue weighted by atomic mass is 16.6. The second-order valence-corrected chi connectivity index (χ2v) is 20.6. The smallest absolute Gasteiger partial charge is 0.306 e. The van der Waals surface area contributed by atoms with Crippen molar-refractivity contribution in [2.24, 2.45) is 0 Å². The summed E-state index contributed by atoms with van der Waals surface area (Å²) in [5.41, 5.74) is 0. The van der Waals surface area contributed by atoms with Crippen LogP contribution in [0.1, 0.15) is 316 Å². The van der Waals surface area contributed by atoms with Gasteiger partial charge in [-0.05, 0) is 109 Å². The third-order valence-corrected chi connectivity index (χ3v) is 13.5. The summed E-state index contributed by atoms with van der Waals surface area (Å²) in [5, 5.41) is 0. The molecule has 6 nitrogen and oxygen atoms in total. The van der Waals surface area contributed by atoms with Crippen LogP contribution in [0.15, 0.2) is 60.8 Å². The highest BCUT2D eigenvalue weighted by Gasteiger charge is 2.19. The van der Waals surface area contributed by atoms with Crippen molar-refractivity contribution in [3.05, 3.63) is 60.8 Å². The van der Waals surface area contributed by atoms with Gasteiger partial charge in [0, 0.05) is 19.3 Å². The van der Waals surface area contributed by atoms with Crippen LogP contribution in [-0.2, 0) is 28.6 Å². The van der Waals surface area contributed by atoms with Crippen LogP contribution in [0.25, 0.3) is 0 Å². The van der Waals surface area contributed by atoms with Crippen LogP contribution in [0.4, 0.5) is 0 Å². The van der Waals surface area contributed by atoms with E-state index in [2.05, 4.69) is 81.5 Å². The third-order valence-electron chi connectivity index (χ3n) is 13.5. The SMILES string of the molecule is CCCCC/C=C\C/C=C\C/C=C\CCCCCCC(=O)OC[C@H](COC(=O)CCCCCCCCCCC/C=C\CCCCCCCC)OC(=O)CCCCCCCCC/C=C\CCCCCCCC. The average molecular weight is 994 g/mol. The van der Waals surface area contributed by atoms with Gasteiger partial charge in [-0.2, -0.15) is 0 Å². The maximum atomic E-state index is 12.9. The molecule has 0 aromatic rings. The van der Waals surface area contributed by atoms with Crippen molar-refractivity contribution in [1.82, 2.24) is 0 Å². The zero-order valence-electron chi connectivity index (χ0n) is 47.2. The lowest BCUT2D eigenvalue weighted by Crippen LogP contribution is -2.30. The number of allylic oxidation sites excluding steroid dienone is 10. The highest BCUT2D eigenvalue weighted by Crippen LogP contribution is 2.16. The third kappa shape index (κ3) is 57.9. The fourth-order valence-electron chi connectivity index (χ4n) is 8.79. The van der Waals surface area contributed by atoms with Crippen molar-refractivity contribution >= 4 is 17.9 Å². The standard InChI is InChI=1S/C65H116O6/c1-4-7-10-13-16-19-22-25-28-31-32-35-37-40-43-46-49-52-55-58-64(67)70-61-62(71-65(68)59-56-53-50-47-44-41-38-34-30-27-24-21-18-15-12-9-6-3)60-69-63(66)57-54-51-48-45-42-39-36-33-29-26-23-20-17-14-11-8-5-2/h17,20,25-30,36,39,62H,4-16,18-19,21-24,31-35,37-38,40-61H2,1-3H3/b20-17-,28-25-,29-26-,30-27-,39-36-/t62-/m1/s1. The molecule has 0 rings (SSSR count). The minimum Gasteiger partial charge on any atom is -0.462 e. The predicted octanol–water partition coefficient (Wildman–Crippen LogP) is 20.8. The van der Waals surface area contributed by atoms with E-state index in [1.165, 1.54) is 193 Å². The van der Waals surface area contributed by atoms with Crippen LogP contribution in [-0.4, -0.2) is 37.2 Å². The molecule has 0 aliphatic rings. The van der Waals surface area contributed by atoms with Gasteiger partial charge in [0.05, 0.1) is 0 Å². The molecule has 0 N–H and O–H groups in total. The molecule has 0 spiro atoms. The minimum atomic E-state index is -0.787. The lowest BCUT2D eigenvalue weighted by molar-refractivity contribution is -0.167. The van der Waals surface area contributed by atoms with Crippen molar-refractivity contribution in [2.45, 2.75) is 322 Å². The Morgan fingerprint density at radius 3 is 0.831 bits per heavy atom. The molecule has 6 heteroatoms. The Balaban J connectivity index is 4.40. The molecular formula is C65H116O6. The van der Waals surface area contributed by atoms with Crippen molar-refractivity contribution in [2.75, 3.05) is 13.2 Å². The molecule has 1 atom stereocenters. The van der Waals surface area contributed by atoms with Gasteiger partial charge >= 0.3 is 17.9 Å². The number of hydrogen-bond donors (Lipinski definition) is 0. The van der Waals surface area contributed by atoms with Crippen molar-refractivity contribution in [3.8, 4) is 0 Å². The second-order valence-electron chi connectivity index (χ2n) is 20.6. The Morgan fingerprint density at radius 1 is 0.282 bits per heavy atom. The molecule has 0 amide bonds. The number of ether oxygens (including phenoxy) is 3. The summed E-state index contributed by atoms with van der Waals surface area (Å²) in [6.45, 7) is 6.62. The molecule has 71 heavy (non-hydrogen) atoms. The van der Waals surface area contributed by atoms with Crippen LogP contribution in [0, 0.1) is 0 Å². The van der Waals surface area contributed by atoms with E-state index in [4.69, 9.17) is 14.2 Å². The summed E-state index contributed by atoms with van der Waals surface area (Å²) >= 11 is 0. The Hall–Kier alpha value is -2.89. The number of carbonyl (C=O) groups excluding carboxylic acids is 3. The number of hydrogen-bond acceptors (Lipinski definition) is 6. The summed E-state index contributed by atoms with van der Waals surface area (Å²) in [6, 6.07) is 0. The summed E-state index contributed by atoms with van der Waals surface area (Å²) in [6.07, 6.45) is 75.0. The second kappa shape index (κ2) is 59.7. The lowest BCUT2D eigenvalue weighted by atomic mass is 10.1. The average Bonchev–Trinajstić information content (AvgIpc) is 3.37. The molecule has 0 saturated carbocycles. The van der Waals surface area contributed by atoms with E-state index in [1.54, 1.807) is 0 Å². The largest absolute Gasteiger partial charge is 0.462 e. The molecule has 0 bridgehead atoms. The van der Waals surface area contributed by atoms with Gasteiger partial charge in [-0.25, -0.2) is 0 Å². The Labute approximate surface area is 440 Å². The van der Waals surface area contributed by atoms with E-state index >= 15 is 0 Å². The Morgan fingerprint density at radius 2 is 0.507 bits per heavy atom. The fourth-order valence-corrected chi connectivity index (χ4v) is 8.79. The molecule has 0 saturated heterocycles. The fraction of sp³-hybridized carbons (Fsp3) is 0.800. The highest BCUT2D eigenvalue weighted by molar-refractivity contribution is 5.71. The molecule has 0 unspecified atom stereocenters. The normalized spacial score (nSPS) is 12.4. The van der Waals surface area contributed by atoms with E-state index in [9.17, 15) is 14.4 Å². The van der Waals surface area contributed by atoms with E-state index in [1.807, 2.05) is 0 Å². The number of rotatable bonds is 56. The minimum absolute atomic E-state index is 0.0828. The van der Waals surface area contributed by atoms with Gasteiger partial charge in [-0.15, -0.1) is 0 Å². The molecule has 0 fully saturated rings.